The van der Waals surface area contributed by atoms with E-state index in [0.29, 0.717) is 32.1 Å². The van der Waals surface area contributed by atoms with Crippen LogP contribution in [0.15, 0.2) is 42.5 Å². The number of para-hydroxylation sites is 1. The van der Waals surface area contributed by atoms with Crippen molar-refractivity contribution in [3.05, 3.63) is 64.7 Å². The zero-order valence-electron chi connectivity index (χ0n) is 28.0. The number of anilines is 1. The third kappa shape index (κ3) is 7.41. The molecule has 0 aromatic heterocycles. The minimum absolute atomic E-state index is 0.0535. The summed E-state index contributed by atoms with van der Waals surface area (Å²) < 4.78 is 0. The van der Waals surface area contributed by atoms with Crippen molar-refractivity contribution in [2.75, 3.05) is 64.2 Å². The van der Waals surface area contributed by atoms with Gasteiger partial charge in [-0.15, -0.1) is 0 Å². The number of amides is 4. The maximum atomic E-state index is 14.1. The number of hydrogen-bond donors (Lipinski definition) is 1. The van der Waals surface area contributed by atoms with Crippen molar-refractivity contribution in [1.29, 1.82) is 0 Å². The number of aryl methyl sites for hydroxylation is 2. The summed E-state index contributed by atoms with van der Waals surface area (Å²) in [5, 5.41) is 3.03. The topological polar surface area (TPSA) is 79.4 Å². The van der Waals surface area contributed by atoms with Crippen LogP contribution in [0.1, 0.15) is 61.3 Å². The smallest absolute Gasteiger partial charge is 0.322 e. The number of likely N-dealkylation sites (tertiary alicyclic amines) is 2. The zero-order chi connectivity index (χ0) is 32.2. The molecule has 248 valence electrons. The zero-order valence-corrected chi connectivity index (χ0v) is 28.0. The number of piperazine rings is 1. The molecule has 1 atom stereocenters. The van der Waals surface area contributed by atoms with Gasteiger partial charge in [-0.25, -0.2) is 4.79 Å². The minimum atomic E-state index is -0.374. The Morgan fingerprint density at radius 2 is 1.50 bits per heavy atom. The average Bonchev–Trinajstić information content (AvgIpc) is 3.09. The molecule has 3 fully saturated rings. The number of nitrogens with zero attached hydrogens (tertiary/aromatic N) is 5. The van der Waals surface area contributed by atoms with Gasteiger partial charge in [0.25, 0.3) is 0 Å². The number of benzene rings is 2. The SMILES string of the molecule is CCN1CCN(C2CCN(C(=O)C(CC(=O)N3CCC(N4Cc5ccccc5NC4=O)CC3)Cc3ccc(C)c(C)c3)CC2)CC1. The maximum absolute atomic E-state index is 14.1. The van der Waals surface area contributed by atoms with Crippen LogP contribution in [0.3, 0.4) is 0 Å². The number of nitrogens with one attached hydrogen (secondary N) is 1. The number of carbonyl (C=O) groups excluding carboxylic acids is 3. The van der Waals surface area contributed by atoms with Crippen LogP contribution in [0.25, 0.3) is 0 Å². The molecule has 3 saturated heterocycles. The van der Waals surface area contributed by atoms with Gasteiger partial charge in [-0.1, -0.05) is 43.3 Å². The van der Waals surface area contributed by atoms with Gasteiger partial charge in [-0.2, -0.15) is 0 Å². The molecule has 6 rings (SSSR count). The van der Waals surface area contributed by atoms with E-state index in [1.165, 1.54) is 11.1 Å². The Morgan fingerprint density at radius 3 is 2.20 bits per heavy atom. The lowest BCUT2D eigenvalue weighted by atomic mass is 9.91. The number of piperidine rings is 2. The first-order valence-corrected chi connectivity index (χ1v) is 17.5. The molecule has 1 N–H and O–H groups in total. The van der Waals surface area contributed by atoms with Crippen molar-refractivity contribution < 1.29 is 14.4 Å². The summed E-state index contributed by atoms with van der Waals surface area (Å²) in [7, 11) is 0. The van der Waals surface area contributed by atoms with Crippen molar-refractivity contribution in [3.63, 3.8) is 0 Å². The number of likely N-dealkylation sites (N-methyl/N-ethyl adjacent to an activating group) is 1. The molecule has 0 bridgehead atoms. The van der Waals surface area contributed by atoms with Gasteiger partial charge in [0.05, 0.1) is 5.92 Å². The van der Waals surface area contributed by atoms with E-state index < -0.39 is 0 Å². The fourth-order valence-corrected chi connectivity index (χ4v) is 7.90. The van der Waals surface area contributed by atoms with Gasteiger partial charge >= 0.3 is 6.03 Å². The number of rotatable bonds is 8. The van der Waals surface area contributed by atoms with Crippen LogP contribution in [0.5, 0.6) is 0 Å². The third-order valence-electron chi connectivity index (χ3n) is 11.1. The first kappa shape index (κ1) is 32.5. The van der Waals surface area contributed by atoms with Crippen LogP contribution in [0.4, 0.5) is 10.5 Å². The largest absolute Gasteiger partial charge is 0.343 e. The fourth-order valence-electron chi connectivity index (χ4n) is 7.90. The first-order chi connectivity index (χ1) is 22.3. The number of urea groups is 1. The summed E-state index contributed by atoms with van der Waals surface area (Å²) in [4.78, 5) is 51.8. The highest BCUT2D eigenvalue weighted by Gasteiger charge is 2.36. The van der Waals surface area contributed by atoms with Crippen LogP contribution in [0, 0.1) is 19.8 Å². The van der Waals surface area contributed by atoms with Gasteiger partial charge in [0.1, 0.15) is 0 Å². The quantitative estimate of drug-likeness (QED) is 0.465. The van der Waals surface area contributed by atoms with Crippen LogP contribution in [-0.4, -0.2) is 113 Å². The molecule has 46 heavy (non-hydrogen) atoms. The van der Waals surface area contributed by atoms with Gasteiger partial charge in [0.15, 0.2) is 0 Å². The van der Waals surface area contributed by atoms with E-state index in [-0.39, 0.29) is 36.2 Å². The Bertz CT molecular complexity index is 1390. The van der Waals surface area contributed by atoms with Gasteiger partial charge < -0.3 is 24.9 Å². The summed E-state index contributed by atoms with van der Waals surface area (Å²) in [6, 6.07) is 14.9. The predicted octanol–water partition coefficient (Wildman–Crippen LogP) is 4.52. The Kier molecular flexibility index (Phi) is 10.3. The Morgan fingerprint density at radius 1 is 0.826 bits per heavy atom. The molecule has 0 spiro atoms. The molecule has 9 nitrogen and oxygen atoms in total. The molecule has 2 aromatic carbocycles. The molecule has 4 heterocycles. The summed E-state index contributed by atoms with van der Waals surface area (Å²) in [5.74, 6) is -0.196. The van der Waals surface area contributed by atoms with E-state index in [1.54, 1.807) is 0 Å². The van der Waals surface area contributed by atoms with E-state index >= 15 is 0 Å². The lowest BCUT2D eigenvalue weighted by Crippen LogP contribution is -2.54. The molecular formula is C37H52N6O3. The average molecular weight is 629 g/mol. The van der Waals surface area contributed by atoms with E-state index in [1.807, 2.05) is 32.9 Å². The van der Waals surface area contributed by atoms with Crippen molar-refractivity contribution in [1.82, 2.24) is 24.5 Å². The molecule has 0 saturated carbocycles. The molecule has 9 heteroatoms. The van der Waals surface area contributed by atoms with Crippen molar-refractivity contribution >= 4 is 23.5 Å². The summed E-state index contributed by atoms with van der Waals surface area (Å²) in [6.07, 6.45) is 4.31. The van der Waals surface area contributed by atoms with E-state index in [2.05, 4.69) is 60.2 Å². The molecular weight excluding hydrogens is 576 g/mol. The summed E-state index contributed by atoms with van der Waals surface area (Å²) in [6.45, 7) is 15.4. The standard InChI is InChI=1S/C37H52N6O3/c1-4-39-19-21-40(22-20-39)32-11-17-42(18-12-32)36(45)31(24-29-10-9-27(2)28(3)23-29)25-35(44)41-15-13-33(14-16-41)43-26-30-7-5-6-8-34(30)38-37(43)46/h5-10,23,31-33H,4,11-22,24-26H2,1-3H3,(H,38,46). The molecule has 0 radical (unpaired) electrons. The molecule has 2 aromatic rings. The number of hydrogen-bond acceptors (Lipinski definition) is 5. The van der Waals surface area contributed by atoms with Gasteiger partial charge in [-0.05, 0) is 80.8 Å². The van der Waals surface area contributed by atoms with E-state index in [0.717, 1.165) is 88.3 Å². The maximum Gasteiger partial charge on any atom is 0.322 e. The third-order valence-corrected chi connectivity index (χ3v) is 11.1. The van der Waals surface area contributed by atoms with Crippen molar-refractivity contribution in [2.24, 2.45) is 5.92 Å². The van der Waals surface area contributed by atoms with Crippen molar-refractivity contribution in [2.45, 2.75) is 77.9 Å². The number of fused-ring (bicyclic) bond motifs is 1. The first-order valence-electron chi connectivity index (χ1n) is 17.5. The lowest BCUT2D eigenvalue weighted by molar-refractivity contribution is -0.143. The summed E-state index contributed by atoms with van der Waals surface area (Å²) in [5.41, 5.74) is 5.57. The van der Waals surface area contributed by atoms with Crippen LogP contribution >= 0.6 is 0 Å². The van der Waals surface area contributed by atoms with Crippen LogP contribution in [0.2, 0.25) is 0 Å². The molecule has 4 amide bonds. The Balaban J connectivity index is 1.07. The number of carbonyl (C=O) groups is 3. The van der Waals surface area contributed by atoms with Gasteiger partial charge in [-0.3, -0.25) is 14.5 Å². The van der Waals surface area contributed by atoms with Crippen molar-refractivity contribution in [3.8, 4) is 0 Å². The van der Waals surface area contributed by atoms with Crippen LogP contribution < -0.4 is 5.32 Å². The monoisotopic (exact) mass is 628 g/mol. The predicted molar refractivity (Wildman–Crippen MR) is 182 cm³/mol. The fraction of sp³-hybridized carbons (Fsp3) is 0.595. The minimum Gasteiger partial charge on any atom is -0.343 e. The molecule has 1 unspecified atom stereocenters. The Hall–Kier alpha value is -3.43. The highest BCUT2D eigenvalue weighted by Crippen LogP contribution is 2.29. The van der Waals surface area contributed by atoms with Gasteiger partial charge in [0, 0.05) is 83.1 Å². The second kappa shape index (κ2) is 14.6. The Labute approximate surface area is 274 Å². The highest BCUT2D eigenvalue weighted by molar-refractivity contribution is 5.92. The summed E-state index contributed by atoms with van der Waals surface area (Å²) >= 11 is 0. The van der Waals surface area contributed by atoms with Gasteiger partial charge in [0.2, 0.25) is 11.8 Å². The molecule has 4 aliphatic heterocycles. The van der Waals surface area contributed by atoms with Crippen LogP contribution in [-0.2, 0) is 22.6 Å². The second-order valence-electron chi connectivity index (χ2n) is 13.9. The lowest BCUT2D eigenvalue weighted by Gasteiger charge is -2.43. The highest BCUT2D eigenvalue weighted by atomic mass is 16.2. The second-order valence-corrected chi connectivity index (χ2v) is 13.9. The molecule has 4 aliphatic rings. The normalized spacial score (nSPS) is 21.2. The van der Waals surface area contributed by atoms with E-state index in [9.17, 15) is 14.4 Å². The van der Waals surface area contributed by atoms with E-state index in [4.69, 9.17) is 0 Å². The molecule has 0 aliphatic carbocycles.